The van der Waals surface area contributed by atoms with Gasteiger partial charge >= 0.3 is 5.69 Å². The smallest absolute Gasteiger partial charge is 0.333 e. The second kappa shape index (κ2) is 7.11. The summed E-state index contributed by atoms with van der Waals surface area (Å²) in [4.78, 5) is 24.2. The molecule has 7 nitrogen and oxygen atoms in total. The molecule has 1 heterocycles. The minimum atomic E-state index is -0.400. The number of carbonyl (C=O) groups is 1. The van der Waals surface area contributed by atoms with E-state index in [4.69, 9.17) is 4.74 Å². The fourth-order valence-electron chi connectivity index (χ4n) is 2.82. The van der Waals surface area contributed by atoms with E-state index in [1.54, 1.807) is 25.1 Å². The van der Waals surface area contributed by atoms with Crippen LogP contribution in [0.15, 0.2) is 18.2 Å². The van der Waals surface area contributed by atoms with Crippen LogP contribution < -0.4 is 15.0 Å². The number of nitro groups is 1. The Morgan fingerprint density at radius 2 is 2.32 bits per heavy atom. The van der Waals surface area contributed by atoms with Gasteiger partial charge in [0, 0.05) is 26.1 Å². The van der Waals surface area contributed by atoms with Crippen LogP contribution >= 0.6 is 0 Å². The summed E-state index contributed by atoms with van der Waals surface area (Å²) in [5, 5.41) is 14.3. The quantitative estimate of drug-likeness (QED) is 0.665. The van der Waals surface area contributed by atoms with Crippen LogP contribution in [0.2, 0.25) is 0 Å². The van der Waals surface area contributed by atoms with Crippen LogP contribution in [0.5, 0.6) is 5.75 Å². The van der Waals surface area contributed by atoms with Gasteiger partial charge in [-0.25, -0.2) is 0 Å². The van der Waals surface area contributed by atoms with Gasteiger partial charge in [0.25, 0.3) is 0 Å². The summed E-state index contributed by atoms with van der Waals surface area (Å²) in [5.74, 6) is 0.205. The predicted molar refractivity (Wildman–Crippen MR) is 83.3 cm³/mol. The summed E-state index contributed by atoms with van der Waals surface area (Å²) in [5.41, 5.74) is 0.541. The van der Waals surface area contributed by atoms with Gasteiger partial charge in [-0.2, -0.15) is 0 Å². The van der Waals surface area contributed by atoms with E-state index in [9.17, 15) is 14.9 Å². The van der Waals surface area contributed by atoms with Gasteiger partial charge in [-0.3, -0.25) is 14.9 Å². The third kappa shape index (κ3) is 3.66. The van der Waals surface area contributed by atoms with Crippen LogP contribution in [-0.2, 0) is 4.79 Å². The van der Waals surface area contributed by atoms with Crippen LogP contribution in [0, 0.1) is 10.1 Å². The number of nitrogens with one attached hydrogen (secondary N) is 1. The number of nitrogens with zero attached hydrogens (tertiary/aromatic N) is 2. The Morgan fingerprint density at radius 1 is 1.55 bits per heavy atom. The topological polar surface area (TPSA) is 84.7 Å². The number of hydrogen-bond donors (Lipinski definition) is 1. The lowest BCUT2D eigenvalue weighted by Gasteiger charge is -2.34. The number of benzene rings is 1. The van der Waals surface area contributed by atoms with E-state index in [1.807, 2.05) is 4.90 Å². The summed E-state index contributed by atoms with van der Waals surface area (Å²) >= 11 is 0. The normalized spacial score (nSPS) is 17.9. The first-order chi connectivity index (χ1) is 10.5. The van der Waals surface area contributed by atoms with Crippen molar-refractivity contribution in [3.63, 3.8) is 0 Å². The molecule has 1 amide bonds. The highest BCUT2D eigenvalue weighted by molar-refractivity contribution is 5.74. The summed E-state index contributed by atoms with van der Waals surface area (Å²) in [7, 11) is 0. The molecule has 0 aliphatic carbocycles. The van der Waals surface area contributed by atoms with Crippen LogP contribution in [0.1, 0.15) is 26.7 Å². The molecule has 1 aliphatic heterocycles. The van der Waals surface area contributed by atoms with Crippen molar-refractivity contribution in [1.29, 1.82) is 0 Å². The van der Waals surface area contributed by atoms with Crippen LogP contribution in [0.25, 0.3) is 0 Å². The third-order valence-electron chi connectivity index (χ3n) is 3.63. The number of amides is 1. The molecule has 1 atom stereocenters. The summed E-state index contributed by atoms with van der Waals surface area (Å²) in [6.45, 7) is 4.95. The molecular weight excluding hydrogens is 286 g/mol. The van der Waals surface area contributed by atoms with E-state index in [2.05, 4.69) is 5.32 Å². The van der Waals surface area contributed by atoms with Crippen molar-refractivity contribution in [2.45, 2.75) is 32.7 Å². The van der Waals surface area contributed by atoms with E-state index >= 15 is 0 Å². The summed E-state index contributed by atoms with van der Waals surface area (Å²) in [6.07, 6.45) is 1.76. The van der Waals surface area contributed by atoms with E-state index in [1.165, 1.54) is 6.92 Å². The molecule has 1 N–H and O–H groups in total. The highest BCUT2D eigenvalue weighted by atomic mass is 16.6. The Hall–Kier alpha value is -2.31. The van der Waals surface area contributed by atoms with Gasteiger partial charge < -0.3 is 15.0 Å². The lowest BCUT2D eigenvalue weighted by atomic mass is 10.0. The maximum atomic E-state index is 11.4. The first-order valence-electron chi connectivity index (χ1n) is 7.45. The van der Waals surface area contributed by atoms with Crippen molar-refractivity contribution < 1.29 is 14.5 Å². The minimum Gasteiger partial charge on any atom is -0.487 e. The van der Waals surface area contributed by atoms with Gasteiger partial charge in [-0.15, -0.1) is 0 Å². The number of para-hydroxylation sites is 1. The Labute approximate surface area is 129 Å². The molecule has 22 heavy (non-hydrogen) atoms. The van der Waals surface area contributed by atoms with Crippen LogP contribution in [0.3, 0.4) is 0 Å². The number of hydrogen-bond acceptors (Lipinski definition) is 5. The fraction of sp³-hybridized carbons (Fsp3) is 0.533. The molecular formula is C15H21N3O4. The summed E-state index contributed by atoms with van der Waals surface area (Å²) < 4.78 is 5.38. The van der Waals surface area contributed by atoms with Gasteiger partial charge in [-0.1, -0.05) is 6.07 Å². The van der Waals surface area contributed by atoms with E-state index < -0.39 is 4.92 Å². The molecule has 2 rings (SSSR count). The van der Waals surface area contributed by atoms with Gasteiger partial charge in [0.1, 0.15) is 5.69 Å². The SMILES string of the molecule is CCOc1cccc(N2CCC[C@H](NC(C)=O)C2)c1[N+](=O)[O-]. The predicted octanol–water partition coefficient (Wildman–Crippen LogP) is 2.10. The van der Waals surface area contributed by atoms with E-state index in [0.717, 1.165) is 19.4 Å². The molecule has 7 heteroatoms. The molecule has 0 radical (unpaired) electrons. The summed E-state index contributed by atoms with van der Waals surface area (Å²) in [6, 6.07) is 5.12. The average molecular weight is 307 g/mol. The molecule has 120 valence electrons. The Bertz CT molecular complexity index is 562. The van der Waals surface area contributed by atoms with Crippen molar-refractivity contribution in [3.05, 3.63) is 28.3 Å². The third-order valence-corrected chi connectivity index (χ3v) is 3.63. The zero-order valence-electron chi connectivity index (χ0n) is 12.9. The number of anilines is 1. The first kappa shape index (κ1) is 16.1. The highest BCUT2D eigenvalue weighted by Crippen LogP contribution is 2.38. The Morgan fingerprint density at radius 3 is 2.95 bits per heavy atom. The second-order valence-corrected chi connectivity index (χ2v) is 5.30. The van der Waals surface area contributed by atoms with Crippen molar-refractivity contribution >= 4 is 17.3 Å². The van der Waals surface area contributed by atoms with Crippen LogP contribution in [-0.4, -0.2) is 36.6 Å². The molecule has 1 aromatic carbocycles. The average Bonchev–Trinajstić information content (AvgIpc) is 2.46. The van der Waals surface area contributed by atoms with Gasteiger partial charge in [0.05, 0.1) is 11.5 Å². The van der Waals surface area contributed by atoms with Crippen molar-refractivity contribution in [3.8, 4) is 5.75 Å². The van der Waals surface area contributed by atoms with E-state index in [0.29, 0.717) is 18.8 Å². The van der Waals surface area contributed by atoms with Crippen molar-refractivity contribution in [2.75, 3.05) is 24.6 Å². The molecule has 1 fully saturated rings. The first-order valence-corrected chi connectivity index (χ1v) is 7.45. The molecule has 0 unspecified atom stereocenters. The maximum absolute atomic E-state index is 11.4. The molecule has 1 aliphatic rings. The maximum Gasteiger partial charge on any atom is 0.333 e. The number of carbonyl (C=O) groups excluding carboxylic acids is 1. The molecule has 0 saturated carbocycles. The lowest BCUT2D eigenvalue weighted by Crippen LogP contribution is -2.47. The molecule has 0 bridgehead atoms. The number of nitro benzene ring substituents is 1. The Kier molecular flexibility index (Phi) is 5.19. The monoisotopic (exact) mass is 307 g/mol. The molecule has 0 aromatic heterocycles. The minimum absolute atomic E-state index is 0.00664. The number of rotatable bonds is 5. The lowest BCUT2D eigenvalue weighted by molar-refractivity contribution is -0.385. The van der Waals surface area contributed by atoms with Crippen molar-refractivity contribution in [2.24, 2.45) is 0 Å². The molecule has 1 aromatic rings. The number of piperidine rings is 1. The zero-order chi connectivity index (χ0) is 16.1. The van der Waals surface area contributed by atoms with Gasteiger partial charge in [0.15, 0.2) is 5.75 Å². The largest absolute Gasteiger partial charge is 0.487 e. The zero-order valence-corrected chi connectivity index (χ0v) is 12.9. The second-order valence-electron chi connectivity index (χ2n) is 5.30. The standard InChI is InChI=1S/C15H21N3O4/c1-3-22-14-8-4-7-13(15(14)18(20)21)17-9-5-6-12(10-17)16-11(2)19/h4,7-8,12H,3,5-6,9-10H2,1-2H3,(H,16,19)/t12-/m0/s1. The van der Waals surface area contributed by atoms with Gasteiger partial charge in [-0.05, 0) is 31.9 Å². The highest BCUT2D eigenvalue weighted by Gasteiger charge is 2.28. The van der Waals surface area contributed by atoms with Gasteiger partial charge in [0.2, 0.25) is 5.91 Å². The van der Waals surface area contributed by atoms with Crippen LogP contribution in [0.4, 0.5) is 11.4 Å². The van der Waals surface area contributed by atoms with Crippen molar-refractivity contribution in [1.82, 2.24) is 5.32 Å². The number of ether oxygens (including phenoxy) is 1. The van der Waals surface area contributed by atoms with E-state index in [-0.39, 0.29) is 23.4 Å². The molecule has 1 saturated heterocycles. The Balaban J connectivity index is 2.29. The fourth-order valence-corrected chi connectivity index (χ4v) is 2.82. The molecule has 0 spiro atoms.